The third-order valence-corrected chi connectivity index (χ3v) is 5.51. The van der Waals surface area contributed by atoms with Gasteiger partial charge in [-0.05, 0) is 50.2 Å². The highest BCUT2D eigenvalue weighted by atomic mass is 16.6. The lowest BCUT2D eigenvalue weighted by molar-refractivity contribution is 0.105. The number of amides is 1. The molecule has 2 unspecified atom stereocenters. The van der Waals surface area contributed by atoms with Gasteiger partial charge in [-0.1, -0.05) is 6.08 Å². The van der Waals surface area contributed by atoms with Crippen molar-refractivity contribution < 1.29 is 9.53 Å². The number of ether oxygens (including phenoxy) is 1. The van der Waals surface area contributed by atoms with E-state index in [0.29, 0.717) is 6.54 Å². The molecule has 0 aliphatic carbocycles. The first-order valence-electron chi connectivity index (χ1n) is 10.4. The Kier molecular flexibility index (Phi) is 6.18. The van der Waals surface area contributed by atoms with E-state index < -0.39 is 0 Å². The Balaban J connectivity index is 1.42. The topological polar surface area (TPSA) is 95.8 Å². The van der Waals surface area contributed by atoms with Crippen molar-refractivity contribution in [3.05, 3.63) is 42.4 Å². The predicted octanol–water partition coefficient (Wildman–Crippen LogP) is 1.53. The molecular weight excluding hydrogens is 382 g/mol. The van der Waals surface area contributed by atoms with E-state index in [9.17, 15) is 4.79 Å². The molecule has 9 nitrogen and oxygen atoms in total. The normalized spacial score (nSPS) is 22.2. The highest BCUT2D eigenvalue weighted by Gasteiger charge is 2.27. The van der Waals surface area contributed by atoms with Crippen LogP contribution in [0.2, 0.25) is 0 Å². The minimum atomic E-state index is -0.326. The molecule has 160 valence electrons. The molecule has 2 aromatic heterocycles. The van der Waals surface area contributed by atoms with Crippen LogP contribution in [0.25, 0.3) is 11.2 Å². The Hall–Kier alpha value is -3.07. The summed E-state index contributed by atoms with van der Waals surface area (Å²) in [5, 5.41) is 13.6. The van der Waals surface area contributed by atoms with Gasteiger partial charge in [-0.15, -0.1) is 0 Å². The minimum absolute atomic E-state index is 0.0221. The van der Waals surface area contributed by atoms with Gasteiger partial charge >= 0.3 is 6.09 Å². The number of hydrogen-bond donors (Lipinski definition) is 3. The first-order valence-corrected chi connectivity index (χ1v) is 10.4. The van der Waals surface area contributed by atoms with Crippen LogP contribution in [0.5, 0.6) is 0 Å². The smallest absolute Gasteiger partial charge is 0.407 e. The number of aromatic nitrogens is 3. The molecule has 2 atom stereocenters. The van der Waals surface area contributed by atoms with E-state index in [4.69, 9.17) is 9.72 Å². The molecule has 2 saturated heterocycles. The molecule has 4 rings (SSSR count). The number of hydrogen-bond acceptors (Lipinski definition) is 7. The van der Waals surface area contributed by atoms with Crippen LogP contribution < -0.4 is 20.9 Å². The molecule has 1 amide bonds. The van der Waals surface area contributed by atoms with Crippen LogP contribution in [0.3, 0.4) is 0 Å². The van der Waals surface area contributed by atoms with Crippen LogP contribution in [-0.2, 0) is 4.74 Å². The monoisotopic (exact) mass is 411 g/mol. The van der Waals surface area contributed by atoms with E-state index in [1.54, 1.807) is 4.52 Å². The molecule has 0 saturated carbocycles. The lowest BCUT2D eigenvalue weighted by atomic mass is 10.1. The SMILES string of the molecule is CN/C=C\C=C(/C)c1cnn2ccc(N3CCC(NC(=O)OC4CCNC4)C3)nc12. The summed E-state index contributed by atoms with van der Waals surface area (Å²) in [4.78, 5) is 19.2. The van der Waals surface area contributed by atoms with Crippen molar-refractivity contribution in [2.45, 2.75) is 31.9 Å². The number of nitrogens with zero attached hydrogens (tertiary/aromatic N) is 4. The number of carbonyl (C=O) groups excluding carboxylic acids is 1. The third-order valence-electron chi connectivity index (χ3n) is 5.51. The summed E-state index contributed by atoms with van der Waals surface area (Å²) in [5.41, 5.74) is 2.91. The predicted molar refractivity (Wildman–Crippen MR) is 116 cm³/mol. The van der Waals surface area contributed by atoms with Crippen LogP contribution in [0.15, 0.2) is 36.8 Å². The highest BCUT2D eigenvalue weighted by Crippen LogP contribution is 2.23. The summed E-state index contributed by atoms with van der Waals surface area (Å²) in [6, 6.07) is 2.02. The summed E-state index contributed by atoms with van der Waals surface area (Å²) < 4.78 is 7.26. The van der Waals surface area contributed by atoms with Crippen LogP contribution in [-0.4, -0.2) is 66.1 Å². The average Bonchev–Trinajstić information content (AvgIpc) is 3.48. The van der Waals surface area contributed by atoms with Crippen molar-refractivity contribution in [1.29, 1.82) is 0 Å². The van der Waals surface area contributed by atoms with Crippen molar-refractivity contribution in [1.82, 2.24) is 30.5 Å². The quantitative estimate of drug-likeness (QED) is 0.621. The van der Waals surface area contributed by atoms with Gasteiger partial charge in [0, 0.05) is 38.4 Å². The molecule has 30 heavy (non-hydrogen) atoms. The van der Waals surface area contributed by atoms with Gasteiger partial charge in [0.1, 0.15) is 11.9 Å². The zero-order chi connectivity index (χ0) is 20.9. The highest BCUT2D eigenvalue weighted by molar-refractivity contribution is 5.76. The lowest BCUT2D eigenvalue weighted by Crippen LogP contribution is -2.39. The van der Waals surface area contributed by atoms with Crippen LogP contribution in [0, 0.1) is 0 Å². The van der Waals surface area contributed by atoms with Gasteiger partial charge in [-0.25, -0.2) is 14.3 Å². The second-order valence-corrected chi connectivity index (χ2v) is 7.71. The van der Waals surface area contributed by atoms with Gasteiger partial charge in [0.05, 0.1) is 12.2 Å². The molecule has 2 fully saturated rings. The average molecular weight is 412 g/mol. The van der Waals surface area contributed by atoms with Gasteiger partial charge < -0.3 is 25.6 Å². The Morgan fingerprint density at radius 3 is 3.10 bits per heavy atom. The fourth-order valence-corrected chi connectivity index (χ4v) is 3.86. The van der Waals surface area contributed by atoms with Crippen molar-refractivity contribution in [3.8, 4) is 0 Å². The maximum absolute atomic E-state index is 12.1. The van der Waals surface area contributed by atoms with Gasteiger partial charge in [-0.2, -0.15) is 5.10 Å². The van der Waals surface area contributed by atoms with E-state index in [2.05, 4.69) is 25.9 Å². The number of carbonyl (C=O) groups is 1. The summed E-state index contributed by atoms with van der Waals surface area (Å²) in [6.45, 7) is 5.24. The van der Waals surface area contributed by atoms with E-state index in [0.717, 1.165) is 55.1 Å². The number of anilines is 1. The lowest BCUT2D eigenvalue weighted by Gasteiger charge is -2.19. The standard InChI is InChI=1S/C21H29N7O2/c1-15(4-3-8-22-2)18-13-24-28-11-7-19(26-20(18)28)27-10-6-16(14-27)25-21(29)30-17-5-9-23-12-17/h3-4,7-8,11,13,16-17,22-23H,5-6,9-10,12,14H2,1-2H3,(H,25,29)/b8-3-,15-4+. The summed E-state index contributed by atoms with van der Waals surface area (Å²) in [7, 11) is 1.87. The second kappa shape index (κ2) is 9.17. The minimum Gasteiger partial charge on any atom is -0.445 e. The molecule has 9 heteroatoms. The molecule has 0 aromatic carbocycles. The van der Waals surface area contributed by atoms with E-state index in [1.807, 2.05) is 50.8 Å². The third kappa shape index (κ3) is 4.56. The van der Waals surface area contributed by atoms with Gasteiger partial charge in [0.25, 0.3) is 0 Å². The number of rotatable bonds is 6. The Morgan fingerprint density at radius 2 is 2.30 bits per heavy atom. The maximum Gasteiger partial charge on any atom is 0.407 e. The van der Waals surface area contributed by atoms with E-state index in [-0.39, 0.29) is 18.2 Å². The molecule has 0 radical (unpaired) electrons. The van der Waals surface area contributed by atoms with E-state index >= 15 is 0 Å². The second-order valence-electron chi connectivity index (χ2n) is 7.71. The summed E-state index contributed by atoms with van der Waals surface area (Å²) >= 11 is 0. The molecule has 3 N–H and O–H groups in total. The van der Waals surface area contributed by atoms with Gasteiger partial charge in [-0.3, -0.25) is 0 Å². The first-order chi connectivity index (χ1) is 14.6. The number of fused-ring (bicyclic) bond motifs is 1. The zero-order valence-electron chi connectivity index (χ0n) is 17.5. The van der Waals surface area contributed by atoms with Gasteiger partial charge in [0.15, 0.2) is 5.65 Å². The van der Waals surface area contributed by atoms with Crippen molar-refractivity contribution in [2.24, 2.45) is 0 Å². The van der Waals surface area contributed by atoms with Crippen LogP contribution in [0.4, 0.5) is 10.6 Å². The summed E-state index contributed by atoms with van der Waals surface area (Å²) in [6.07, 6.45) is 11.0. The van der Waals surface area contributed by atoms with E-state index in [1.165, 1.54) is 0 Å². The van der Waals surface area contributed by atoms with Crippen molar-refractivity contribution in [3.63, 3.8) is 0 Å². The number of alkyl carbamates (subject to hydrolysis) is 1. The molecule has 4 heterocycles. The fourth-order valence-electron chi connectivity index (χ4n) is 3.86. The molecule has 2 aromatic rings. The molecule has 2 aliphatic rings. The largest absolute Gasteiger partial charge is 0.445 e. The van der Waals surface area contributed by atoms with Crippen molar-refractivity contribution in [2.75, 3.05) is 38.1 Å². The first kappa shape index (κ1) is 20.2. The van der Waals surface area contributed by atoms with Crippen LogP contribution in [0.1, 0.15) is 25.3 Å². The molecule has 2 aliphatic heterocycles. The molecule has 0 spiro atoms. The summed E-state index contributed by atoms with van der Waals surface area (Å²) in [5.74, 6) is 0.889. The van der Waals surface area contributed by atoms with Crippen LogP contribution >= 0.6 is 0 Å². The number of nitrogens with one attached hydrogen (secondary N) is 3. The molecule has 0 bridgehead atoms. The Labute approximate surface area is 176 Å². The maximum atomic E-state index is 12.1. The molecular formula is C21H29N7O2. The zero-order valence-corrected chi connectivity index (χ0v) is 17.5. The van der Waals surface area contributed by atoms with Gasteiger partial charge in [0.2, 0.25) is 0 Å². The Morgan fingerprint density at radius 1 is 1.40 bits per heavy atom. The van der Waals surface area contributed by atoms with Crippen molar-refractivity contribution >= 4 is 23.1 Å². The Bertz CT molecular complexity index is 946. The fraction of sp³-hybridized carbons (Fsp3) is 0.476. The number of allylic oxidation sites excluding steroid dienone is 3.